The van der Waals surface area contributed by atoms with Crippen LogP contribution in [0.2, 0.25) is 0 Å². The Hall–Kier alpha value is -1.61. The molecule has 0 saturated heterocycles. The molecule has 84 valence electrons. The van der Waals surface area contributed by atoms with Crippen LogP contribution in [0.15, 0.2) is 65.5 Å². The number of imidazole rings is 1. The minimum atomic E-state index is 0.877. The highest BCUT2D eigenvalue weighted by Crippen LogP contribution is 2.15. The Bertz CT molecular complexity index is 658. The van der Waals surface area contributed by atoms with Crippen molar-refractivity contribution in [1.29, 1.82) is 0 Å². The van der Waals surface area contributed by atoms with E-state index in [1.807, 2.05) is 12.1 Å². The van der Waals surface area contributed by atoms with Gasteiger partial charge in [-0.25, -0.2) is 8.97 Å². The molecular formula is C14H12BrN2+. The Morgan fingerprint density at radius 2 is 1.82 bits per heavy atom. The zero-order valence-corrected chi connectivity index (χ0v) is 10.8. The third kappa shape index (κ3) is 1.98. The van der Waals surface area contributed by atoms with E-state index in [-0.39, 0.29) is 0 Å². The van der Waals surface area contributed by atoms with E-state index < -0.39 is 0 Å². The first-order valence-corrected chi connectivity index (χ1v) is 6.32. The molecule has 0 atom stereocenters. The van der Waals surface area contributed by atoms with Crippen molar-refractivity contribution in [3.63, 3.8) is 0 Å². The summed E-state index contributed by atoms with van der Waals surface area (Å²) in [7, 11) is 0. The summed E-state index contributed by atoms with van der Waals surface area (Å²) in [5.74, 6) is 0. The summed E-state index contributed by atoms with van der Waals surface area (Å²) in [4.78, 5) is 0. The van der Waals surface area contributed by atoms with Crippen LogP contribution in [0.4, 0.5) is 0 Å². The van der Waals surface area contributed by atoms with Gasteiger partial charge in [0.25, 0.3) is 5.65 Å². The molecular weight excluding hydrogens is 276 g/mol. The first kappa shape index (κ1) is 10.5. The predicted octanol–water partition coefficient (Wildman–Crippen LogP) is 3.04. The number of aromatic nitrogens is 2. The molecule has 3 aromatic rings. The molecule has 0 bridgehead atoms. The fourth-order valence-electron chi connectivity index (χ4n) is 1.99. The van der Waals surface area contributed by atoms with Gasteiger partial charge in [-0.05, 0) is 12.1 Å². The highest BCUT2D eigenvalue weighted by atomic mass is 79.9. The number of halogens is 1. The topological polar surface area (TPSA) is 8.29 Å². The Morgan fingerprint density at radius 3 is 2.71 bits per heavy atom. The van der Waals surface area contributed by atoms with Crippen molar-refractivity contribution in [2.45, 2.75) is 6.54 Å². The third-order valence-corrected chi connectivity index (χ3v) is 3.64. The van der Waals surface area contributed by atoms with Gasteiger partial charge in [-0.2, -0.15) is 0 Å². The molecule has 0 unspecified atom stereocenters. The summed E-state index contributed by atoms with van der Waals surface area (Å²) < 4.78 is 5.51. The fourth-order valence-corrected chi connectivity index (χ4v) is 2.40. The lowest BCUT2D eigenvalue weighted by atomic mass is 10.2. The van der Waals surface area contributed by atoms with Gasteiger partial charge in [0.15, 0.2) is 0 Å². The van der Waals surface area contributed by atoms with Gasteiger partial charge in [0, 0.05) is 16.1 Å². The molecule has 2 heterocycles. The van der Waals surface area contributed by atoms with Crippen LogP contribution in [0.1, 0.15) is 5.56 Å². The number of pyridine rings is 1. The monoisotopic (exact) mass is 287 g/mol. The quantitative estimate of drug-likeness (QED) is 0.641. The van der Waals surface area contributed by atoms with Gasteiger partial charge in [0.1, 0.15) is 18.9 Å². The lowest BCUT2D eigenvalue weighted by Gasteiger charge is -2.01. The molecule has 0 aliphatic rings. The Morgan fingerprint density at radius 1 is 1.00 bits per heavy atom. The average molecular weight is 288 g/mol. The number of nitrogens with zero attached hydrogens (tertiary/aromatic N) is 2. The molecule has 0 radical (unpaired) electrons. The van der Waals surface area contributed by atoms with Crippen LogP contribution in [-0.4, -0.2) is 4.40 Å². The van der Waals surface area contributed by atoms with Crippen molar-refractivity contribution in [2.24, 2.45) is 0 Å². The van der Waals surface area contributed by atoms with Crippen molar-refractivity contribution >= 4 is 21.6 Å². The third-order valence-electron chi connectivity index (χ3n) is 2.87. The molecule has 0 N–H and O–H groups in total. The molecule has 0 saturated carbocycles. The minimum absolute atomic E-state index is 0.877. The van der Waals surface area contributed by atoms with Gasteiger partial charge in [0.2, 0.25) is 0 Å². The molecule has 1 aromatic carbocycles. The largest absolute Gasteiger partial charge is 0.286 e. The van der Waals surface area contributed by atoms with E-state index in [9.17, 15) is 0 Å². The Kier molecular flexibility index (Phi) is 2.69. The van der Waals surface area contributed by atoms with Crippen LogP contribution >= 0.6 is 15.9 Å². The van der Waals surface area contributed by atoms with Crippen molar-refractivity contribution in [3.8, 4) is 0 Å². The van der Waals surface area contributed by atoms with E-state index in [1.54, 1.807) is 0 Å². The lowest BCUT2D eigenvalue weighted by Crippen LogP contribution is -2.32. The van der Waals surface area contributed by atoms with Gasteiger partial charge < -0.3 is 0 Å². The summed E-state index contributed by atoms with van der Waals surface area (Å²) in [6.07, 6.45) is 6.24. The number of fused-ring (bicyclic) bond motifs is 1. The maximum atomic E-state index is 3.59. The Labute approximate surface area is 108 Å². The first-order valence-electron chi connectivity index (χ1n) is 5.53. The molecule has 3 rings (SSSR count). The van der Waals surface area contributed by atoms with Gasteiger partial charge in [-0.15, -0.1) is 0 Å². The van der Waals surface area contributed by atoms with E-state index in [0.29, 0.717) is 0 Å². The normalized spacial score (nSPS) is 10.9. The summed E-state index contributed by atoms with van der Waals surface area (Å²) in [6, 6.07) is 14.5. The van der Waals surface area contributed by atoms with E-state index in [0.717, 1.165) is 11.0 Å². The standard InChI is InChI=1S/C14H12BrN2/c15-13-6-2-1-5-12(13)11-17-10-9-16-8-4-3-7-14(16)17/h1-10H,11H2/q+1. The molecule has 0 aliphatic carbocycles. The summed E-state index contributed by atoms with van der Waals surface area (Å²) in [5.41, 5.74) is 2.48. The number of hydrogen-bond acceptors (Lipinski definition) is 0. The van der Waals surface area contributed by atoms with Crippen LogP contribution < -0.4 is 4.57 Å². The highest BCUT2D eigenvalue weighted by molar-refractivity contribution is 9.10. The van der Waals surface area contributed by atoms with Gasteiger partial charge in [-0.3, -0.25) is 0 Å². The molecule has 3 heteroatoms. The fraction of sp³-hybridized carbons (Fsp3) is 0.0714. The number of hydrogen-bond donors (Lipinski definition) is 0. The summed E-state index contributed by atoms with van der Waals surface area (Å²) in [6.45, 7) is 0.877. The number of rotatable bonds is 2. The van der Waals surface area contributed by atoms with Gasteiger partial charge in [-0.1, -0.05) is 40.2 Å². The molecule has 0 fully saturated rings. The highest BCUT2D eigenvalue weighted by Gasteiger charge is 2.09. The molecule has 2 aromatic heterocycles. The zero-order valence-electron chi connectivity index (χ0n) is 9.25. The number of benzene rings is 1. The SMILES string of the molecule is Brc1ccccc1C[n+]1ccn2ccccc21. The van der Waals surface area contributed by atoms with Crippen LogP contribution in [0.25, 0.3) is 5.65 Å². The molecule has 2 nitrogen and oxygen atoms in total. The molecule has 17 heavy (non-hydrogen) atoms. The van der Waals surface area contributed by atoms with E-state index in [2.05, 4.69) is 73.8 Å². The average Bonchev–Trinajstić information content (AvgIpc) is 2.76. The van der Waals surface area contributed by atoms with Crippen LogP contribution in [0, 0.1) is 0 Å². The lowest BCUT2D eigenvalue weighted by molar-refractivity contribution is -0.662. The van der Waals surface area contributed by atoms with E-state index in [1.165, 1.54) is 11.2 Å². The van der Waals surface area contributed by atoms with Gasteiger partial charge >= 0.3 is 0 Å². The van der Waals surface area contributed by atoms with Crippen molar-refractivity contribution in [3.05, 3.63) is 71.1 Å². The molecule has 0 amide bonds. The summed E-state index contributed by atoms with van der Waals surface area (Å²) in [5, 5.41) is 0. The van der Waals surface area contributed by atoms with Gasteiger partial charge in [0.05, 0.1) is 6.20 Å². The van der Waals surface area contributed by atoms with Crippen molar-refractivity contribution < 1.29 is 4.57 Å². The zero-order chi connectivity index (χ0) is 11.7. The first-order chi connectivity index (χ1) is 8.34. The van der Waals surface area contributed by atoms with Crippen LogP contribution in [-0.2, 0) is 6.54 Å². The second-order valence-electron chi connectivity index (χ2n) is 3.98. The van der Waals surface area contributed by atoms with Crippen molar-refractivity contribution in [1.82, 2.24) is 4.40 Å². The summed E-state index contributed by atoms with van der Waals surface area (Å²) >= 11 is 3.59. The maximum absolute atomic E-state index is 3.59. The molecule has 0 spiro atoms. The smallest absolute Gasteiger partial charge is 0.226 e. The van der Waals surface area contributed by atoms with Crippen LogP contribution in [0.3, 0.4) is 0 Å². The van der Waals surface area contributed by atoms with E-state index in [4.69, 9.17) is 0 Å². The van der Waals surface area contributed by atoms with Crippen molar-refractivity contribution in [2.75, 3.05) is 0 Å². The second-order valence-corrected chi connectivity index (χ2v) is 4.84. The predicted molar refractivity (Wildman–Crippen MR) is 70.8 cm³/mol. The Balaban J connectivity index is 2.03. The van der Waals surface area contributed by atoms with Crippen LogP contribution in [0.5, 0.6) is 0 Å². The second kappa shape index (κ2) is 4.34. The van der Waals surface area contributed by atoms with E-state index >= 15 is 0 Å². The maximum Gasteiger partial charge on any atom is 0.286 e. The minimum Gasteiger partial charge on any atom is -0.226 e. The molecule has 0 aliphatic heterocycles.